The lowest BCUT2D eigenvalue weighted by Gasteiger charge is -2.34. The van der Waals surface area contributed by atoms with Crippen molar-refractivity contribution in [3.8, 4) is 0 Å². The molecule has 1 aliphatic carbocycles. The zero-order valence-corrected chi connectivity index (χ0v) is 12.9. The van der Waals surface area contributed by atoms with Gasteiger partial charge < -0.3 is 9.84 Å². The Morgan fingerprint density at radius 1 is 1.35 bits per heavy atom. The summed E-state index contributed by atoms with van der Waals surface area (Å²) in [7, 11) is 0. The molecule has 2 aliphatic rings. The third kappa shape index (κ3) is 3.53. The number of carbonyl (C=O) groups is 1. The third-order valence-corrected chi connectivity index (χ3v) is 5.05. The first-order valence-electron chi connectivity index (χ1n) is 8.16. The highest BCUT2D eigenvalue weighted by atomic mass is 16.5. The maximum Gasteiger partial charge on any atom is 0.323 e. The molecule has 0 aromatic heterocycles. The van der Waals surface area contributed by atoms with Crippen LogP contribution in [0.3, 0.4) is 0 Å². The molecule has 4 nitrogen and oxygen atoms in total. The molecule has 116 valence electrons. The summed E-state index contributed by atoms with van der Waals surface area (Å²) in [5.41, 5.74) is -0.699. The summed E-state index contributed by atoms with van der Waals surface area (Å²) in [6, 6.07) is 0. The van der Waals surface area contributed by atoms with Gasteiger partial charge in [0.05, 0.1) is 11.7 Å². The molecule has 2 rings (SSSR count). The minimum absolute atomic E-state index is 0.120. The lowest BCUT2D eigenvalue weighted by atomic mass is 9.83. The van der Waals surface area contributed by atoms with E-state index in [2.05, 4.69) is 5.32 Å². The lowest BCUT2D eigenvalue weighted by molar-refractivity contribution is -0.145. The Bertz CT molecular complexity index is 339. The van der Waals surface area contributed by atoms with Gasteiger partial charge in [0.15, 0.2) is 0 Å². The van der Waals surface area contributed by atoms with Gasteiger partial charge in [0.1, 0.15) is 5.54 Å². The SMILES string of the molecule is CCCC(C)(NCC1CCC2(CCCCC2)O1)C(=O)O. The molecule has 0 bridgehead atoms. The Kier molecular flexibility index (Phi) is 5.08. The van der Waals surface area contributed by atoms with Crippen molar-refractivity contribution in [2.75, 3.05) is 6.54 Å². The van der Waals surface area contributed by atoms with Crippen molar-refractivity contribution < 1.29 is 14.6 Å². The fourth-order valence-corrected chi connectivity index (χ4v) is 3.71. The summed E-state index contributed by atoms with van der Waals surface area (Å²) >= 11 is 0. The molecule has 1 spiro atoms. The van der Waals surface area contributed by atoms with Crippen molar-refractivity contribution in [3.05, 3.63) is 0 Å². The standard InChI is InChI=1S/C16H29NO3/c1-3-8-15(2,14(18)19)17-12-13-7-11-16(20-13)9-5-4-6-10-16/h13,17H,3-12H2,1-2H3,(H,18,19). The van der Waals surface area contributed by atoms with E-state index in [1.54, 1.807) is 6.92 Å². The van der Waals surface area contributed by atoms with E-state index in [9.17, 15) is 9.90 Å². The minimum Gasteiger partial charge on any atom is -0.480 e. The van der Waals surface area contributed by atoms with Crippen LogP contribution < -0.4 is 5.32 Å². The predicted molar refractivity (Wildman–Crippen MR) is 78.9 cm³/mol. The molecule has 2 unspecified atom stereocenters. The lowest BCUT2D eigenvalue weighted by Crippen LogP contribution is -2.52. The van der Waals surface area contributed by atoms with Crippen LogP contribution in [0.4, 0.5) is 0 Å². The Morgan fingerprint density at radius 3 is 2.65 bits per heavy atom. The fourth-order valence-electron chi connectivity index (χ4n) is 3.71. The normalized spacial score (nSPS) is 28.4. The molecular formula is C16H29NO3. The number of carboxylic acids is 1. The number of nitrogens with one attached hydrogen (secondary N) is 1. The molecule has 2 atom stereocenters. The first kappa shape index (κ1) is 15.8. The van der Waals surface area contributed by atoms with Gasteiger partial charge in [-0.25, -0.2) is 0 Å². The number of aliphatic carboxylic acids is 1. The number of carboxylic acid groups (broad SMARTS) is 1. The minimum atomic E-state index is -0.819. The summed E-state index contributed by atoms with van der Waals surface area (Å²) in [5.74, 6) is -0.760. The van der Waals surface area contributed by atoms with Crippen LogP contribution in [0.25, 0.3) is 0 Å². The van der Waals surface area contributed by atoms with E-state index < -0.39 is 11.5 Å². The second-order valence-electron chi connectivity index (χ2n) is 6.79. The Labute approximate surface area is 122 Å². The van der Waals surface area contributed by atoms with Crippen LogP contribution in [0, 0.1) is 0 Å². The smallest absolute Gasteiger partial charge is 0.323 e. The first-order chi connectivity index (χ1) is 9.50. The molecule has 20 heavy (non-hydrogen) atoms. The molecule has 1 aliphatic heterocycles. The number of ether oxygens (including phenoxy) is 1. The molecule has 0 aromatic rings. The van der Waals surface area contributed by atoms with Gasteiger partial charge in [-0.15, -0.1) is 0 Å². The van der Waals surface area contributed by atoms with Crippen molar-refractivity contribution in [2.24, 2.45) is 0 Å². The average molecular weight is 283 g/mol. The van der Waals surface area contributed by atoms with Gasteiger partial charge >= 0.3 is 5.97 Å². The van der Waals surface area contributed by atoms with Crippen LogP contribution in [0.15, 0.2) is 0 Å². The highest BCUT2D eigenvalue weighted by molar-refractivity contribution is 5.78. The van der Waals surface area contributed by atoms with Crippen molar-refractivity contribution in [1.29, 1.82) is 0 Å². The molecule has 0 amide bonds. The van der Waals surface area contributed by atoms with Crippen molar-refractivity contribution in [2.45, 2.75) is 88.9 Å². The van der Waals surface area contributed by atoms with Crippen LogP contribution in [-0.4, -0.2) is 34.9 Å². The van der Waals surface area contributed by atoms with E-state index in [1.807, 2.05) is 6.92 Å². The van der Waals surface area contributed by atoms with E-state index in [-0.39, 0.29) is 11.7 Å². The van der Waals surface area contributed by atoms with E-state index in [4.69, 9.17) is 4.74 Å². The van der Waals surface area contributed by atoms with Crippen LogP contribution in [-0.2, 0) is 9.53 Å². The van der Waals surface area contributed by atoms with Crippen molar-refractivity contribution in [1.82, 2.24) is 5.32 Å². The largest absolute Gasteiger partial charge is 0.480 e. The topological polar surface area (TPSA) is 58.6 Å². The number of hydrogen-bond donors (Lipinski definition) is 2. The summed E-state index contributed by atoms with van der Waals surface area (Å²) < 4.78 is 6.29. The van der Waals surface area contributed by atoms with Crippen LogP contribution in [0.1, 0.15) is 71.6 Å². The van der Waals surface area contributed by atoms with Crippen molar-refractivity contribution >= 4 is 5.97 Å². The Hall–Kier alpha value is -0.610. The van der Waals surface area contributed by atoms with Gasteiger partial charge in [0.25, 0.3) is 0 Å². The molecule has 4 heteroatoms. The third-order valence-electron chi connectivity index (χ3n) is 5.05. The highest BCUT2D eigenvalue weighted by Crippen LogP contribution is 2.41. The first-order valence-corrected chi connectivity index (χ1v) is 8.16. The fraction of sp³-hybridized carbons (Fsp3) is 0.938. The van der Waals surface area contributed by atoms with Gasteiger partial charge in [-0.05, 0) is 39.0 Å². The van der Waals surface area contributed by atoms with Gasteiger partial charge in [-0.2, -0.15) is 0 Å². The number of rotatable bonds is 6. The zero-order chi connectivity index (χ0) is 14.6. The van der Waals surface area contributed by atoms with Gasteiger partial charge in [-0.3, -0.25) is 10.1 Å². The average Bonchev–Trinajstić information content (AvgIpc) is 2.80. The molecule has 1 heterocycles. The summed E-state index contributed by atoms with van der Waals surface area (Å²) in [6.45, 7) is 4.46. The van der Waals surface area contributed by atoms with E-state index in [1.165, 1.54) is 32.1 Å². The Balaban J connectivity index is 1.84. The van der Waals surface area contributed by atoms with E-state index in [0.29, 0.717) is 13.0 Å². The summed E-state index contributed by atoms with van der Waals surface area (Å²) in [4.78, 5) is 11.4. The Morgan fingerprint density at radius 2 is 2.05 bits per heavy atom. The second kappa shape index (κ2) is 6.44. The molecular weight excluding hydrogens is 254 g/mol. The number of hydrogen-bond acceptors (Lipinski definition) is 3. The molecule has 1 saturated carbocycles. The van der Waals surface area contributed by atoms with Crippen LogP contribution >= 0.6 is 0 Å². The predicted octanol–water partition coefficient (Wildman–Crippen LogP) is 3.10. The van der Waals surface area contributed by atoms with Gasteiger partial charge in [0, 0.05) is 6.54 Å². The monoisotopic (exact) mass is 283 g/mol. The van der Waals surface area contributed by atoms with Crippen LogP contribution in [0.5, 0.6) is 0 Å². The van der Waals surface area contributed by atoms with Gasteiger partial charge in [-0.1, -0.05) is 32.6 Å². The van der Waals surface area contributed by atoms with Crippen molar-refractivity contribution in [3.63, 3.8) is 0 Å². The van der Waals surface area contributed by atoms with E-state index in [0.717, 1.165) is 19.3 Å². The highest BCUT2D eigenvalue weighted by Gasteiger charge is 2.41. The molecule has 2 fully saturated rings. The van der Waals surface area contributed by atoms with Gasteiger partial charge in [0.2, 0.25) is 0 Å². The zero-order valence-electron chi connectivity index (χ0n) is 12.9. The van der Waals surface area contributed by atoms with Crippen LogP contribution in [0.2, 0.25) is 0 Å². The summed E-state index contributed by atoms with van der Waals surface area (Å²) in [6.07, 6.45) is 10.2. The van der Waals surface area contributed by atoms with E-state index >= 15 is 0 Å². The molecule has 2 N–H and O–H groups in total. The summed E-state index contributed by atoms with van der Waals surface area (Å²) in [5, 5.41) is 12.6. The molecule has 0 aromatic carbocycles. The maximum atomic E-state index is 11.4. The molecule has 0 radical (unpaired) electrons. The second-order valence-corrected chi connectivity index (χ2v) is 6.79. The quantitative estimate of drug-likeness (QED) is 0.786. The maximum absolute atomic E-state index is 11.4. The molecule has 1 saturated heterocycles.